The van der Waals surface area contributed by atoms with Crippen molar-refractivity contribution in [2.75, 3.05) is 0 Å². The van der Waals surface area contributed by atoms with Crippen LogP contribution in [0.5, 0.6) is 0 Å². The normalized spacial score (nSPS) is 11.2. The first-order chi connectivity index (χ1) is 9.52. The predicted octanol–water partition coefficient (Wildman–Crippen LogP) is 1.90. The highest BCUT2D eigenvalue weighted by Crippen LogP contribution is 2.12. The van der Waals surface area contributed by atoms with Gasteiger partial charge in [-0.25, -0.2) is 13.6 Å². The van der Waals surface area contributed by atoms with Crippen molar-refractivity contribution in [2.24, 2.45) is 0 Å². The first kappa shape index (κ1) is 13.9. The van der Waals surface area contributed by atoms with Gasteiger partial charge in [-0.1, -0.05) is 18.2 Å². The number of hydrogen-bond acceptors (Lipinski definition) is 2. The Kier molecular flexibility index (Phi) is 3.93. The maximum Gasteiger partial charge on any atom is 0.328 e. The fourth-order valence-corrected chi connectivity index (χ4v) is 1.80. The van der Waals surface area contributed by atoms with Crippen LogP contribution in [0.15, 0.2) is 40.1 Å². The number of H-pyrrole nitrogens is 1. The topological polar surface area (TPSA) is 54.9 Å². The van der Waals surface area contributed by atoms with Gasteiger partial charge in [0.2, 0.25) is 0 Å². The number of aromatic amines is 1. The van der Waals surface area contributed by atoms with Crippen molar-refractivity contribution in [2.45, 2.75) is 13.5 Å². The fourth-order valence-electron chi connectivity index (χ4n) is 1.80. The lowest BCUT2D eigenvalue weighted by atomic mass is 10.2. The number of allylic oxidation sites excluding steroid dienone is 1. The van der Waals surface area contributed by atoms with E-state index in [9.17, 15) is 18.4 Å². The maximum absolute atomic E-state index is 13.6. The van der Waals surface area contributed by atoms with Gasteiger partial charge < -0.3 is 0 Å². The van der Waals surface area contributed by atoms with Gasteiger partial charge in [0, 0.05) is 11.8 Å². The van der Waals surface area contributed by atoms with Gasteiger partial charge in [0.05, 0.1) is 12.1 Å². The molecule has 1 aromatic carbocycles. The first-order valence-corrected chi connectivity index (χ1v) is 5.92. The van der Waals surface area contributed by atoms with Gasteiger partial charge in [-0.2, -0.15) is 0 Å². The van der Waals surface area contributed by atoms with Crippen LogP contribution in [-0.4, -0.2) is 9.55 Å². The van der Waals surface area contributed by atoms with Gasteiger partial charge >= 0.3 is 5.69 Å². The van der Waals surface area contributed by atoms with Crippen LogP contribution in [0, 0.1) is 11.6 Å². The van der Waals surface area contributed by atoms with Crippen LogP contribution in [0.3, 0.4) is 0 Å². The van der Waals surface area contributed by atoms with Crippen molar-refractivity contribution < 1.29 is 8.78 Å². The second-order valence-electron chi connectivity index (χ2n) is 4.17. The number of nitrogens with one attached hydrogen (secondary N) is 1. The van der Waals surface area contributed by atoms with Crippen molar-refractivity contribution >= 4 is 6.08 Å². The van der Waals surface area contributed by atoms with E-state index in [0.29, 0.717) is 0 Å². The van der Waals surface area contributed by atoms with Gasteiger partial charge in [-0.3, -0.25) is 14.3 Å². The van der Waals surface area contributed by atoms with Crippen LogP contribution in [0.1, 0.15) is 18.1 Å². The minimum Gasteiger partial charge on any atom is -0.295 e. The van der Waals surface area contributed by atoms with Crippen LogP contribution < -0.4 is 11.2 Å². The summed E-state index contributed by atoms with van der Waals surface area (Å²) in [4.78, 5) is 25.3. The van der Waals surface area contributed by atoms with Gasteiger partial charge in [0.1, 0.15) is 11.6 Å². The van der Waals surface area contributed by atoms with Crippen molar-refractivity contribution in [3.05, 3.63) is 74.1 Å². The van der Waals surface area contributed by atoms with E-state index >= 15 is 0 Å². The molecule has 0 fully saturated rings. The van der Waals surface area contributed by atoms with Crippen LogP contribution in [0.4, 0.5) is 8.78 Å². The standard InChI is InChI=1S/C14H12F2N2O2/c1-2-4-9-7-18(14(20)17-13(9)19)8-10-11(15)5-3-6-12(10)16/h2-7H,8H2,1H3,(H,17,19,20)/b4-2+. The lowest BCUT2D eigenvalue weighted by molar-refractivity contribution is 0.539. The zero-order valence-electron chi connectivity index (χ0n) is 10.7. The summed E-state index contributed by atoms with van der Waals surface area (Å²) in [6.45, 7) is 1.42. The summed E-state index contributed by atoms with van der Waals surface area (Å²) >= 11 is 0. The molecule has 0 spiro atoms. The Hall–Kier alpha value is -2.50. The second kappa shape index (κ2) is 5.64. The summed E-state index contributed by atoms with van der Waals surface area (Å²) in [6.07, 6.45) is 4.41. The summed E-state index contributed by atoms with van der Waals surface area (Å²) in [5.41, 5.74) is -1.25. The Morgan fingerprint density at radius 1 is 1.25 bits per heavy atom. The van der Waals surface area contributed by atoms with E-state index in [1.807, 2.05) is 0 Å². The van der Waals surface area contributed by atoms with Crippen LogP contribution in [-0.2, 0) is 6.54 Å². The average Bonchev–Trinajstić information content (AvgIpc) is 2.39. The summed E-state index contributed by atoms with van der Waals surface area (Å²) in [5, 5.41) is 0. The molecule has 2 aromatic rings. The van der Waals surface area contributed by atoms with Gasteiger partial charge in [0.15, 0.2) is 0 Å². The van der Waals surface area contributed by atoms with E-state index in [4.69, 9.17) is 0 Å². The summed E-state index contributed by atoms with van der Waals surface area (Å²) < 4.78 is 28.2. The van der Waals surface area contributed by atoms with E-state index < -0.39 is 22.9 Å². The Morgan fingerprint density at radius 3 is 2.50 bits per heavy atom. The minimum absolute atomic E-state index is 0.229. The molecule has 0 bridgehead atoms. The monoisotopic (exact) mass is 278 g/mol. The molecule has 4 nitrogen and oxygen atoms in total. The molecule has 0 aliphatic heterocycles. The van der Waals surface area contributed by atoms with E-state index in [2.05, 4.69) is 4.98 Å². The number of benzene rings is 1. The predicted molar refractivity (Wildman–Crippen MR) is 71.5 cm³/mol. The second-order valence-corrected chi connectivity index (χ2v) is 4.17. The molecule has 1 aromatic heterocycles. The van der Waals surface area contributed by atoms with Gasteiger partial charge in [-0.15, -0.1) is 0 Å². The third-order valence-electron chi connectivity index (χ3n) is 2.77. The Morgan fingerprint density at radius 2 is 1.90 bits per heavy atom. The van der Waals surface area contributed by atoms with Crippen molar-refractivity contribution in [3.63, 3.8) is 0 Å². The molecule has 0 unspecified atom stereocenters. The Bertz CT molecular complexity index is 755. The largest absolute Gasteiger partial charge is 0.328 e. The van der Waals surface area contributed by atoms with Crippen LogP contribution in [0.25, 0.3) is 6.08 Å². The molecular weight excluding hydrogens is 266 g/mol. The summed E-state index contributed by atoms with van der Waals surface area (Å²) in [5.74, 6) is -1.48. The highest BCUT2D eigenvalue weighted by Gasteiger charge is 2.11. The third-order valence-corrected chi connectivity index (χ3v) is 2.77. The molecule has 0 aliphatic carbocycles. The third kappa shape index (κ3) is 2.74. The Labute approximate surface area is 113 Å². The molecule has 0 saturated carbocycles. The number of aromatic nitrogens is 2. The molecule has 104 valence electrons. The smallest absolute Gasteiger partial charge is 0.295 e. The molecule has 0 amide bonds. The van der Waals surface area contributed by atoms with Crippen molar-refractivity contribution in [1.82, 2.24) is 9.55 Å². The molecule has 2 rings (SSSR count). The molecule has 0 radical (unpaired) electrons. The molecule has 0 saturated heterocycles. The van der Waals surface area contributed by atoms with Crippen LogP contribution >= 0.6 is 0 Å². The molecule has 0 aliphatic rings. The van der Waals surface area contributed by atoms with Crippen molar-refractivity contribution in [1.29, 1.82) is 0 Å². The number of hydrogen-bond donors (Lipinski definition) is 1. The highest BCUT2D eigenvalue weighted by molar-refractivity contribution is 5.45. The number of nitrogens with zero attached hydrogens (tertiary/aromatic N) is 1. The van der Waals surface area contributed by atoms with Gasteiger partial charge in [0.25, 0.3) is 5.56 Å². The van der Waals surface area contributed by atoms with E-state index in [1.165, 1.54) is 18.3 Å². The van der Waals surface area contributed by atoms with Crippen LogP contribution in [0.2, 0.25) is 0 Å². The highest BCUT2D eigenvalue weighted by atomic mass is 19.1. The first-order valence-electron chi connectivity index (χ1n) is 5.92. The SMILES string of the molecule is C/C=C/c1cn(Cc2c(F)cccc2F)c(=O)[nH]c1=O. The van der Waals surface area contributed by atoms with Gasteiger partial charge in [-0.05, 0) is 19.1 Å². The Balaban J connectivity index is 2.51. The summed E-state index contributed by atoms with van der Waals surface area (Å²) in [7, 11) is 0. The summed E-state index contributed by atoms with van der Waals surface area (Å²) in [6, 6.07) is 3.47. The zero-order valence-corrected chi connectivity index (χ0v) is 10.7. The van der Waals surface area contributed by atoms with E-state index in [1.54, 1.807) is 13.0 Å². The quantitative estimate of drug-likeness (QED) is 0.932. The molecule has 1 heterocycles. The molecule has 20 heavy (non-hydrogen) atoms. The van der Waals surface area contributed by atoms with E-state index in [0.717, 1.165) is 16.7 Å². The minimum atomic E-state index is -0.740. The zero-order chi connectivity index (χ0) is 14.7. The molecular formula is C14H12F2N2O2. The molecule has 0 atom stereocenters. The molecule has 6 heteroatoms. The average molecular weight is 278 g/mol. The fraction of sp³-hybridized carbons (Fsp3) is 0.143. The number of rotatable bonds is 3. The number of halogens is 2. The lowest BCUT2D eigenvalue weighted by Crippen LogP contribution is -2.31. The maximum atomic E-state index is 13.6. The van der Waals surface area contributed by atoms with E-state index in [-0.39, 0.29) is 17.7 Å². The van der Waals surface area contributed by atoms with Crippen molar-refractivity contribution in [3.8, 4) is 0 Å². The lowest BCUT2D eigenvalue weighted by Gasteiger charge is -2.08. The molecule has 1 N–H and O–H groups in total.